The molecule has 0 spiro atoms. The van der Waals surface area contributed by atoms with Gasteiger partial charge < -0.3 is 24.2 Å². The molecule has 33 heavy (non-hydrogen) atoms. The summed E-state index contributed by atoms with van der Waals surface area (Å²) in [6, 6.07) is 14.9. The number of carbonyl (C=O) groups excluding carboxylic acids is 1. The zero-order valence-electron chi connectivity index (χ0n) is 18.5. The zero-order chi connectivity index (χ0) is 23.2. The van der Waals surface area contributed by atoms with Crippen LogP contribution in [0.1, 0.15) is 26.2 Å². The fourth-order valence-corrected chi connectivity index (χ4v) is 3.79. The number of nitrogens with zero attached hydrogens (tertiary/aromatic N) is 4. The molecular formula is C24H27N5O4. The van der Waals surface area contributed by atoms with Crippen LogP contribution in [0.5, 0.6) is 11.5 Å². The van der Waals surface area contributed by atoms with Crippen LogP contribution in [0.3, 0.4) is 0 Å². The van der Waals surface area contributed by atoms with Crippen LogP contribution in [0.15, 0.2) is 53.1 Å². The van der Waals surface area contributed by atoms with Gasteiger partial charge in [-0.2, -0.15) is 10.2 Å². The summed E-state index contributed by atoms with van der Waals surface area (Å²) < 4.78 is 16.2. The van der Waals surface area contributed by atoms with Crippen LogP contribution in [0.2, 0.25) is 0 Å². The Morgan fingerprint density at radius 2 is 2.12 bits per heavy atom. The van der Waals surface area contributed by atoms with E-state index >= 15 is 0 Å². The van der Waals surface area contributed by atoms with Crippen molar-refractivity contribution in [3.05, 3.63) is 59.9 Å². The second kappa shape index (κ2) is 10.0. The normalized spacial score (nSPS) is 17.4. The third-order valence-electron chi connectivity index (χ3n) is 5.50. The van der Waals surface area contributed by atoms with Gasteiger partial charge in [-0.25, -0.2) is 0 Å². The van der Waals surface area contributed by atoms with Gasteiger partial charge in [0.15, 0.2) is 18.6 Å². The highest BCUT2D eigenvalue weighted by molar-refractivity contribution is 5.78. The summed E-state index contributed by atoms with van der Waals surface area (Å²) in [5.41, 5.74) is 1.78. The molecule has 1 aliphatic heterocycles. The van der Waals surface area contributed by atoms with Crippen molar-refractivity contribution in [2.45, 2.75) is 31.8 Å². The van der Waals surface area contributed by atoms with Crippen molar-refractivity contribution in [1.82, 2.24) is 20.4 Å². The van der Waals surface area contributed by atoms with Crippen LogP contribution in [0, 0.1) is 11.5 Å². The molecule has 2 heterocycles. The van der Waals surface area contributed by atoms with Gasteiger partial charge in [0.1, 0.15) is 11.5 Å². The summed E-state index contributed by atoms with van der Waals surface area (Å²) in [4.78, 5) is 18.3. The SMILES string of the molecule is COc1cccc(Cc2noc(-c3ccc(OCC(=O)N[C@@H]4C[C@@H](C)N(C#N)C4)cc3)n2)c1.[HH]. The molecule has 172 valence electrons. The van der Waals surface area contributed by atoms with Crippen molar-refractivity contribution >= 4 is 5.91 Å². The van der Waals surface area contributed by atoms with E-state index in [4.69, 9.17) is 19.3 Å². The van der Waals surface area contributed by atoms with Crippen molar-refractivity contribution in [1.29, 1.82) is 5.26 Å². The molecular weight excluding hydrogens is 422 g/mol. The highest BCUT2D eigenvalue weighted by Crippen LogP contribution is 2.22. The quantitative estimate of drug-likeness (QED) is 0.522. The Hall–Kier alpha value is -4.06. The third-order valence-corrected chi connectivity index (χ3v) is 5.50. The molecule has 1 saturated heterocycles. The maximum absolute atomic E-state index is 12.2. The lowest BCUT2D eigenvalue weighted by Gasteiger charge is -2.13. The predicted molar refractivity (Wildman–Crippen MR) is 121 cm³/mol. The van der Waals surface area contributed by atoms with E-state index in [1.165, 1.54) is 0 Å². The minimum Gasteiger partial charge on any atom is -0.497 e. The lowest BCUT2D eigenvalue weighted by atomic mass is 10.1. The molecule has 1 fully saturated rings. The van der Waals surface area contributed by atoms with Crippen LogP contribution in [0.25, 0.3) is 11.5 Å². The summed E-state index contributed by atoms with van der Waals surface area (Å²) in [6.07, 6.45) is 3.42. The van der Waals surface area contributed by atoms with Crippen LogP contribution in [-0.2, 0) is 11.2 Å². The first-order valence-electron chi connectivity index (χ1n) is 10.7. The number of nitrogens with one attached hydrogen (secondary N) is 1. The minimum atomic E-state index is -0.213. The fourth-order valence-electron chi connectivity index (χ4n) is 3.79. The number of amides is 1. The molecule has 0 bridgehead atoms. The molecule has 1 amide bonds. The van der Waals surface area contributed by atoms with E-state index in [0.29, 0.717) is 30.4 Å². The van der Waals surface area contributed by atoms with Gasteiger partial charge in [0.05, 0.1) is 7.11 Å². The van der Waals surface area contributed by atoms with Crippen molar-refractivity contribution in [2.75, 3.05) is 20.3 Å². The number of rotatable bonds is 8. The molecule has 1 aliphatic rings. The highest BCUT2D eigenvalue weighted by atomic mass is 16.5. The van der Waals surface area contributed by atoms with Crippen LogP contribution >= 0.6 is 0 Å². The first kappa shape index (κ1) is 22.1. The molecule has 3 aromatic rings. The highest BCUT2D eigenvalue weighted by Gasteiger charge is 2.29. The molecule has 0 unspecified atom stereocenters. The third kappa shape index (κ3) is 5.60. The van der Waals surface area contributed by atoms with E-state index < -0.39 is 0 Å². The van der Waals surface area contributed by atoms with Crippen LogP contribution in [0.4, 0.5) is 0 Å². The van der Waals surface area contributed by atoms with Gasteiger partial charge in [0.2, 0.25) is 0 Å². The number of nitriles is 1. The molecule has 9 heteroatoms. The van der Waals surface area contributed by atoms with Crippen LogP contribution in [-0.4, -0.2) is 53.3 Å². The van der Waals surface area contributed by atoms with Crippen molar-refractivity contribution in [3.63, 3.8) is 0 Å². The number of ether oxygens (including phenoxy) is 2. The number of likely N-dealkylation sites (tertiary alicyclic amines) is 1. The maximum Gasteiger partial charge on any atom is 0.258 e. The number of carbonyl (C=O) groups is 1. The van der Waals surface area contributed by atoms with Gasteiger partial charge in [-0.1, -0.05) is 17.3 Å². The van der Waals surface area contributed by atoms with Crippen LogP contribution < -0.4 is 14.8 Å². The Morgan fingerprint density at radius 1 is 1.30 bits per heavy atom. The minimum absolute atomic E-state index is 0. The van der Waals surface area contributed by atoms with Crippen molar-refractivity contribution < 1.29 is 20.2 Å². The van der Waals surface area contributed by atoms with E-state index in [9.17, 15) is 4.79 Å². The first-order valence-corrected chi connectivity index (χ1v) is 10.7. The van der Waals surface area contributed by atoms with Gasteiger partial charge in [0.25, 0.3) is 11.8 Å². The first-order chi connectivity index (χ1) is 16.0. The van der Waals surface area contributed by atoms with Gasteiger partial charge >= 0.3 is 0 Å². The van der Waals surface area contributed by atoms with E-state index in [1.807, 2.05) is 31.2 Å². The van der Waals surface area contributed by atoms with E-state index in [2.05, 4.69) is 21.7 Å². The monoisotopic (exact) mass is 449 g/mol. The molecule has 0 radical (unpaired) electrons. The van der Waals surface area contributed by atoms with Gasteiger partial charge in [-0.15, -0.1) is 0 Å². The average molecular weight is 450 g/mol. The summed E-state index contributed by atoms with van der Waals surface area (Å²) >= 11 is 0. The second-order valence-electron chi connectivity index (χ2n) is 7.96. The number of benzene rings is 2. The summed E-state index contributed by atoms with van der Waals surface area (Å²) in [6.45, 7) is 2.41. The topological polar surface area (TPSA) is 114 Å². The van der Waals surface area contributed by atoms with Gasteiger partial charge in [-0.05, 0) is 55.3 Å². The molecule has 1 aromatic heterocycles. The lowest BCUT2D eigenvalue weighted by molar-refractivity contribution is -0.123. The largest absolute Gasteiger partial charge is 0.497 e. The Kier molecular flexibility index (Phi) is 6.74. The van der Waals surface area contributed by atoms with Crippen molar-refractivity contribution in [2.24, 2.45) is 0 Å². The van der Waals surface area contributed by atoms with Gasteiger partial charge in [0, 0.05) is 32.0 Å². The molecule has 0 aliphatic carbocycles. The number of hydrogen-bond acceptors (Lipinski definition) is 8. The number of aromatic nitrogens is 2. The Bertz CT molecular complexity index is 1140. The molecule has 0 saturated carbocycles. The zero-order valence-corrected chi connectivity index (χ0v) is 18.5. The lowest BCUT2D eigenvalue weighted by Crippen LogP contribution is -2.39. The van der Waals surface area contributed by atoms with E-state index in [-0.39, 0.29) is 26.0 Å². The molecule has 9 nitrogen and oxygen atoms in total. The van der Waals surface area contributed by atoms with E-state index in [0.717, 1.165) is 23.3 Å². The van der Waals surface area contributed by atoms with Crippen molar-refractivity contribution in [3.8, 4) is 29.1 Å². The Labute approximate surface area is 193 Å². The number of methoxy groups -OCH3 is 1. The Morgan fingerprint density at radius 3 is 2.85 bits per heavy atom. The fraction of sp³-hybridized carbons (Fsp3) is 0.333. The smallest absolute Gasteiger partial charge is 0.258 e. The molecule has 2 atom stereocenters. The van der Waals surface area contributed by atoms with E-state index in [1.54, 1.807) is 36.3 Å². The maximum atomic E-state index is 12.2. The molecule has 2 aromatic carbocycles. The number of hydrogen-bond donors (Lipinski definition) is 1. The van der Waals surface area contributed by atoms with Gasteiger partial charge in [-0.3, -0.25) is 4.79 Å². The summed E-state index contributed by atoms with van der Waals surface area (Å²) in [7, 11) is 1.63. The summed E-state index contributed by atoms with van der Waals surface area (Å²) in [5.74, 6) is 2.11. The Balaban J connectivity index is 0.00000324. The molecule has 1 N–H and O–H groups in total. The second-order valence-corrected chi connectivity index (χ2v) is 7.96. The predicted octanol–water partition coefficient (Wildman–Crippen LogP) is 3.02. The summed E-state index contributed by atoms with van der Waals surface area (Å²) in [5, 5.41) is 16.0. The molecule has 4 rings (SSSR count). The average Bonchev–Trinajstić information content (AvgIpc) is 3.44. The standard InChI is InChI=1S/C24H25N5O4.H2/c1-16-10-19(13-29(16)15-25)26-23(30)14-32-20-8-6-18(7-9-20)24-27-22(28-33-24)12-17-4-3-5-21(11-17)31-2;/h3-9,11,16,19H,10,12-14H2,1-2H3,(H,26,30);1H/t16-,19-;/m1./s1.